The van der Waals surface area contributed by atoms with Crippen LogP contribution in [0.2, 0.25) is 5.15 Å². The standard InChI is InChI=1S/C24H24ClN5O3/c1-26-23(31)17-13-27-21(25)12-18(17)28-19-14-29(2)20-8-9-30(24(32)22(19)20)10-11-33-15-16-6-4-3-5-7-16/h3-9,12-14H,10-11,15H2,1-2H3,(H,26,31)(H,27,28)/i1D3. The lowest BCUT2D eigenvalue weighted by atomic mass is 10.2. The van der Waals surface area contributed by atoms with E-state index in [4.69, 9.17) is 20.5 Å². The molecule has 0 unspecified atom stereocenters. The lowest BCUT2D eigenvalue weighted by molar-refractivity contribution is 0.0963. The molecule has 4 rings (SSSR count). The molecular weight excluding hydrogens is 442 g/mol. The minimum atomic E-state index is -2.68. The maximum absolute atomic E-state index is 13.4. The van der Waals surface area contributed by atoms with Gasteiger partial charge in [-0.15, -0.1) is 0 Å². The first-order chi connectivity index (χ1) is 17.1. The summed E-state index contributed by atoms with van der Waals surface area (Å²) < 4.78 is 31.0. The predicted molar refractivity (Wildman–Crippen MR) is 129 cm³/mol. The van der Waals surface area contributed by atoms with Crippen molar-refractivity contribution < 1.29 is 13.6 Å². The summed E-state index contributed by atoms with van der Waals surface area (Å²) in [6.45, 7) is -1.54. The van der Waals surface area contributed by atoms with E-state index in [1.54, 1.807) is 28.6 Å². The third kappa shape index (κ3) is 4.92. The number of rotatable bonds is 8. The van der Waals surface area contributed by atoms with Gasteiger partial charge in [-0.05, 0) is 17.7 Å². The molecule has 3 aromatic heterocycles. The predicted octanol–water partition coefficient (Wildman–Crippen LogP) is 3.71. The third-order valence-electron chi connectivity index (χ3n) is 5.20. The van der Waals surface area contributed by atoms with Crippen LogP contribution in [0.15, 0.2) is 65.8 Å². The maximum Gasteiger partial charge on any atom is 0.262 e. The minimum Gasteiger partial charge on any atom is -0.375 e. The second kappa shape index (κ2) is 9.89. The van der Waals surface area contributed by atoms with Crippen molar-refractivity contribution in [3.63, 3.8) is 0 Å². The van der Waals surface area contributed by atoms with Gasteiger partial charge in [-0.2, -0.15) is 0 Å². The van der Waals surface area contributed by atoms with Crippen LogP contribution in [0.3, 0.4) is 0 Å². The Morgan fingerprint density at radius 2 is 2.06 bits per heavy atom. The molecule has 2 N–H and O–H groups in total. The number of carbonyl (C=O) groups is 1. The summed E-state index contributed by atoms with van der Waals surface area (Å²) in [6.07, 6.45) is 4.60. The van der Waals surface area contributed by atoms with E-state index in [1.165, 1.54) is 12.3 Å². The molecule has 4 aromatic rings. The molecule has 0 aliphatic heterocycles. The van der Waals surface area contributed by atoms with Gasteiger partial charge in [0.25, 0.3) is 11.5 Å². The van der Waals surface area contributed by atoms with Gasteiger partial charge in [0.15, 0.2) is 0 Å². The molecule has 0 radical (unpaired) electrons. The number of amides is 1. The van der Waals surface area contributed by atoms with Crippen LogP contribution in [0.5, 0.6) is 0 Å². The number of ether oxygens (including phenoxy) is 1. The van der Waals surface area contributed by atoms with Crippen LogP contribution in [0.4, 0.5) is 11.4 Å². The van der Waals surface area contributed by atoms with E-state index >= 15 is 0 Å². The molecule has 0 aliphatic rings. The average molecular weight is 469 g/mol. The molecule has 170 valence electrons. The number of fused-ring (bicyclic) bond motifs is 1. The lowest BCUT2D eigenvalue weighted by Gasteiger charge is -2.11. The fourth-order valence-corrected chi connectivity index (χ4v) is 3.72. The molecule has 0 spiro atoms. The molecule has 0 saturated carbocycles. The summed E-state index contributed by atoms with van der Waals surface area (Å²) in [4.78, 5) is 29.8. The molecule has 0 bridgehead atoms. The first kappa shape index (κ1) is 18.9. The van der Waals surface area contributed by atoms with Gasteiger partial charge in [0, 0.05) is 43.3 Å². The number of aromatic nitrogens is 3. The molecule has 0 atom stereocenters. The van der Waals surface area contributed by atoms with E-state index in [0.29, 0.717) is 36.3 Å². The van der Waals surface area contributed by atoms with Crippen LogP contribution >= 0.6 is 11.6 Å². The summed E-state index contributed by atoms with van der Waals surface area (Å²) in [7, 11) is 1.79. The van der Waals surface area contributed by atoms with Gasteiger partial charge in [-0.3, -0.25) is 9.59 Å². The zero-order chi connectivity index (χ0) is 25.9. The van der Waals surface area contributed by atoms with E-state index in [-0.39, 0.29) is 22.0 Å². The number of nitrogens with one attached hydrogen (secondary N) is 2. The van der Waals surface area contributed by atoms with Crippen molar-refractivity contribution >= 4 is 39.8 Å². The number of halogens is 1. The number of hydrogen-bond donors (Lipinski definition) is 2. The van der Waals surface area contributed by atoms with Gasteiger partial charge in [-0.1, -0.05) is 41.9 Å². The second-order valence-corrected chi connectivity index (χ2v) is 7.79. The van der Waals surface area contributed by atoms with Gasteiger partial charge < -0.3 is 24.5 Å². The van der Waals surface area contributed by atoms with Crippen molar-refractivity contribution in [2.75, 3.05) is 18.9 Å². The van der Waals surface area contributed by atoms with E-state index in [1.807, 2.05) is 41.7 Å². The normalized spacial score (nSPS) is 12.7. The molecular formula is C24H24ClN5O3. The summed E-state index contributed by atoms with van der Waals surface area (Å²) in [5, 5.41) is 5.50. The molecule has 0 fully saturated rings. The fourth-order valence-electron chi connectivity index (χ4n) is 3.56. The maximum atomic E-state index is 13.4. The summed E-state index contributed by atoms with van der Waals surface area (Å²) in [6, 6.07) is 13.0. The monoisotopic (exact) mass is 468 g/mol. The highest BCUT2D eigenvalue weighted by atomic mass is 35.5. The Balaban J connectivity index is 1.60. The van der Waals surface area contributed by atoms with Crippen molar-refractivity contribution in [3.8, 4) is 0 Å². The van der Waals surface area contributed by atoms with E-state index in [2.05, 4.69) is 10.3 Å². The highest BCUT2D eigenvalue weighted by Gasteiger charge is 2.17. The molecule has 9 heteroatoms. The first-order valence-corrected chi connectivity index (χ1v) is 10.6. The van der Waals surface area contributed by atoms with Gasteiger partial charge in [0.2, 0.25) is 0 Å². The Morgan fingerprint density at radius 1 is 1.24 bits per heavy atom. The quantitative estimate of drug-likeness (QED) is 0.304. The van der Waals surface area contributed by atoms with Crippen LogP contribution in [0.1, 0.15) is 20.0 Å². The van der Waals surface area contributed by atoms with Crippen molar-refractivity contribution in [1.82, 2.24) is 19.4 Å². The Morgan fingerprint density at radius 3 is 2.85 bits per heavy atom. The van der Waals surface area contributed by atoms with Crippen LogP contribution in [0, 0.1) is 0 Å². The van der Waals surface area contributed by atoms with Gasteiger partial charge in [-0.25, -0.2) is 4.98 Å². The topological polar surface area (TPSA) is 90.2 Å². The first-order valence-electron chi connectivity index (χ1n) is 11.7. The van der Waals surface area contributed by atoms with Crippen LogP contribution in [-0.4, -0.2) is 33.6 Å². The average Bonchev–Trinajstić information content (AvgIpc) is 3.13. The summed E-state index contributed by atoms with van der Waals surface area (Å²) in [5.41, 5.74) is 2.10. The van der Waals surface area contributed by atoms with Crippen molar-refractivity contribution in [2.24, 2.45) is 7.05 Å². The molecule has 3 heterocycles. The zero-order valence-electron chi connectivity index (χ0n) is 20.8. The zero-order valence-corrected chi connectivity index (χ0v) is 18.6. The van der Waals surface area contributed by atoms with Gasteiger partial charge >= 0.3 is 0 Å². The number of carbonyl (C=O) groups excluding carboxylic acids is 1. The lowest BCUT2D eigenvalue weighted by Crippen LogP contribution is -2.22. The molecule has 0 saturated heterocycles. The Kier molecular flexibility index (Phi) is 5.67. The van der Waals surface area contributed by atoms with Crippen LogP contribution < -0.4 is 16.2 Å². The summed E-state index contributed by atoms with van der Waals surface area (Å²) >= 11 is 6.04. The van der Waals surface area contributed by atoms with E-state index < -0.39 is 12.9 Å². The molecule has 1 aromatic carbocycles. The Hall–Kier alpha value is -3.62. The summed E-state index contributed by atoms with van der Waals surface area (Å²) in [5.74, 6) is -0.852. The second-order valence-electron chi connectivity index (χ2n) is 7.40. The number of nitrogens with zero attached hydrogens (tertiary/aromatic N) is 3. The third-order valence-corrected chi connectivity index (χ3v) is 5.41. The van der Waals surface area contributed by atoms with Crippen molar-refractivity contribution in [2.45, 2.75) is 13.2 Å². The largest absolute Gasteiger partial charge is 0.375 e. The highest BCUT2D eigenvalue weighted by Crippen LogP contribution is 2.28. The smallest absolute Gasteiger partial charge is 0.262 e. The van der Waals surface area contributed by atoms with Gasteiger partial charge in [0.05, 0.1) is 41.1 Å². The van der Waals surface area contributed by atoms with Gasteiger partial charge in [0.1, 0.15) is 5.15 Å². The Bertz CT molecular complexity index is 1450. The highest BCUT2D eigenvalue weighted by molar-refractivity contribution is 6.29. The number of anilines is 2. The van der Waals surface area contributed by atoms with Crippen LogP contribution in [-0.2, 0) is 24.9 Å². The molecule has 1 amide bonds. The van der Waals surface area contributed by atoms with E-state index in [9.17, 15) is 9.59 Å². The number of pyridine rings is 2. The fraction of sp³-hybridized carbons (Fsp3) is 0.208. The number of benzene rings is 1. The number of hydrogen-bond acceptors (Lipinski definition) is 5. The Labute approximate surface area is 200 Å². The molecule has 33 heavy (non-hydrogen) atoms. The van der Waals surface area contributed by atoms with Crippen molar-refractivity contribution in [1.29, 1.82) is 0 Å². The molecule has 0 aliphatic carbocycles. The minimum absolute atomic E-state index is 0.0295. The van der Waals surface area contributed by atoms with Crippen molar-refractivity contribution in [3.05, 3.63) is 87.7 Å². The van der Waals surface area contributed by atoms with Crippen LogP contribution in [0.25, 0.3) is 10.9 Å². The molecule has 8 nitrogen and oxygen atoms in total. The SMILES string of the molecule is [2H]C([2H])([2H])NC(=O)c1cnc(Cl)cc1Nc1cn(C)c2ccn(CCOCc3ccccc3)c(=O)c12. The number of aryl methyl sites for hydroxylation is 1. The van der Waals surface area contributed by atoms with E-state index in [0.717, 1.165) is 5.56 Å².